The van der Waals surface area contributed by atoms with E-state index in [9.17, 15) is 13.2 Å². The number of rotatable bonds is 8. The van der Waals surface area contributed by atoms with Crippen molar-refractivity contribution in [1.82, 2.24) is 8.61 Å². The van der Waals surface area contributed by atoms with Crippen LogP contribution in [0.3, 0.4) is 0 Å². The summed E-state index contributed by atoms with van der Waals surface area (Å²) in [6.07, 6.45) is 0.0281. The summed E-state index contributed by atoms with van der Waals surface area (Å²) in [4.78, 5) is 11.0. The maximum atomic E-state index is 12.2. The fraction of sp³-hybridized carbons (Fsp3) is 0.909. The molecule has 0 rings (SSSR count). The molecule has 0 aromatic heterocycles. The number of hydrogen-bond donors (Lipinski definition) is 1. The summed E-state index contributed by atoms with van der Waals surface area (Å²) in [6, 6.07) is 0. The van der Waals surface area contributed by atoms with Crippen LogP contribution < -0.4 is 5.73 Å². The number of nitrogens with two attached hydrogens (primary N) is 1. The van der Waals surface area contributed by atoms with Crippen molar-refractivity contribution in [2.75, 3.05) is 40.8 Å². The number of carbonyl (C=O) groups is 1. The number of carbonyl (C=O) groups excluding carboxylic acids is 1. The van der Waals surface area contributed by atoms with Crippen LogP contribution >= 0.6 is 12.4 Å². The van der Waals surface area contributed by atoms with Crippen LogP contribution in [0, 0.1) is 5.41 Å². The molecular formula is C11H26ClN3O4S. The summed E-state index contributed by atoms with van der Waals surface area (Å²) in [5.41, 5.74) is 5.29. The van der Waals surface area contributed by atoms with Gasteiger partial charge in [0.1, 0.15) is 0 Å². The molecule has 122 valence electrons. The van der Waals surface area contributed by atoms with Crippen molar-refractivity contribution in [3.63, 3.8) is 0 Å². The molecule has 0 aliphatic carbocycles. The van der Waals surface area contributed by atoms with Gasteiger partial charge in [-0.3, -0.25) is 4.79 Å². The smallest absolute Gasteiger partial charge is 0.306 e. The largest absolute Gasteiger partial charge is 0.469 e. The summed E-state index contributed by atoms with van der Waals surface area (Å²) in [5.74, 6) is -0.438. The lowest BCUT2D eigenvalue weighted by Gasteiger charge is -2.31. The highest BCUT2D eigenvalue weighted by molar-refractivity contribution is 7.86. The highest BCUT2D eigenvalue weighted by Crippen LogP contribution is 2.17. The average Bonchev–Trinajstić information content (AvgIpc) is 2.34. The Morgan fingerprint density at radius 1 is 1.25 bits per heavy atom. The maximum absolute atomic E-state index is 12.2. The van der Waals surface area contributed by atoms with Crippen LogP contribution in [0.1, 0.15) is 20.3 Å². The van der Waals surface area contributed by atoms with Gasteiger partial charge in [-0.25, -0.2) is 0 Å². The Labute approximate surface area is 128 Å². The van der Waals surface area contributed by atoms with Crippen molar-refractivity contribution in [3.8, 4) is 0 Å². The normalized spacial score (nSPS) is 12.4. The van der Waals surface area contributed by atoms with Crippen molar-refractivity contribution in [2.24, 2.45) is 11.1 Å². The molecule has 0 spiro atoms. The lowest BCUT2D eigenvalue weighted by atomic mass is 9.94. The number of esters is 1. The maximum Gasteiger partial charge on any atom is 0.306 e. The van der Waals surface area contributed by atoms with Gasteiger partial charge in [0, 0.05) is 27.2 Å². The molecular weight excluding hydrogens is 306 g/mol. The Balaban J connectivity index is 0. The van der Waals surface area contributed by atoms with E-state index in [1.165, 1.54) is 25.5 Å². The van der Waals surface area contributed by atoms with Crippen LogP contribution in [0.15, 0.2) is 0 Å². The molecule has 0 amide bonds. The third-order valence-corrected chi connectivity index (χ3v) is 4.74. The second-order valence-electron chi connectivity index (χ2n) is 5.28. The van der Waals surface area contributed by atoms with E-state index < -0.39 is 16.2 Å². The molecule has 0 aliphatic heterocycles. The van der Waals surface area contributed by atoms with E-state index in [0.717, 1.165) is 4.31 Å². The molecule has 0 fully saturated rings. The zero-order valence-electron chi connectivity index (χ0n) is 12.7. The Bertz CT molecular complexity index is 400. The quantitative estimate of drug-likeness (QED) is 0.635. The van der Waals surface area contributed by atoms with E-state index in [1.54, 1.807) is 0 Å². The number of nitrogens with zero attached hydrogens (tertiary/aromatic N) is 2. The lowest BCUT2D eigenvalue weighted by molar-refractivity contribution is -0.140. The van der Waals surface area contributed by atoms with Gasteiger partial charge in [0.05, 0.1) is 13.5 Å². The van der Waals surface area contributed by atoms with Crippen LogP contribution in [0.5, 0.6) is 0 Å². The van der Waals surface area contributed by atoms with Gasteiger partial charge >= 0.3 is 5.97 Å². The Morgan fingerprint density at radius 2 is 1.75 bits per heavy atom. The van der Waals surface area contributed by atoms with Gasteiger partial charge in [-0.15, -0.1) is 12.4 Å². The van der Waals surface area contributed by atoms with Crippen molar-refractivity contribution >= 4 is 28.6 Å². The monoisotopic (exact) mass is 331 g/mol. The number of halogens is 1. The molecule has 0 unspecified atom stereocenters. The SMILES string of the molecule is COC(=O)CCN(C)S(=O)(=O)N(C)CC(C)(C)CN.Cl. The second kappa shape index (κ2) is 8.78. The van der Waals surface area contributed by atoms with Crippen LogP contribution in [-0.4, -0.2) is 63.8 Å². The fourth-order valence-electron chi connectivity index (χ4n) is 1.45. The molecule has 0 bridgehead atoms. The van der Waals surface area contributed by atoms with Gasteiger partial charge in [0.2, 0.25) is 0 Å². The predicted molar refractivity (Wildman–Crippen MR) is 80.9 cm³/mol. The number of hydrogen-bond acceptors (Lipinski definition) is 5. The topological polar surface area (TPSA) is 92.9 Å². The van der Waals surface area contributed by atoms with Crippen LogP contribution in [0.25, 0.3) is 0 Å². The third kappa shape index (κ3) is 6.85. The van der Waals surface area contributed by atoms with Crippen LogP contribution in [0.2, 0.25) is 0 Å². The molecule has 9 heteroatoms. The van der Waals surface area contributed by atoms with Gasteiger partial charge in [0.15, 0.2) is 0 Å². The highest BCUT2D eigenvalue weighted by atomic mass is 35.5. The van der Waals surface area contributed by atoms with Gasteiger partial charge in [-0.2, -0.15) is 17.0 Å². The first kappa shape index (κ1) is 21.9. The molecule has 0 aromatic carbocycles. The molecule has 0 aromatic rings. The van der Waals surface area contributed by atoms with Gasteiger partial charge in [0.25, 0.3) is 10.2 Å². The van der Waals surface area contributed by atoms with Crippen molar-refractivity contribution in [1.29, 1.82) is 0 Å². The van der Waals surface area contributed by atoms with E-state index in [2.05, 4.69) is 4.74 Å². The fourth-order valence-corrected chi connectivity index (χ4v) is 2.76. The lowest BCUT2D eigenvalue weighted by Crippen LogP contribution is -2.45. The molecule has 0 atom stereocenters. The summed E-state index contributed by atoms with van der Waals surface area (Å²) < 4.78 is 31.2. The number of methoxy groups -OCH3 is 1. The third-order valence-electron chi connectivity index (χ3n) is 2.85. The standard InChI is InChI=1S/C11H25N3O4S.ClH/c1-11(2,8-12)9-14(4)19(16,17)13(3)7-6-10(15)18-5;/h6-9,12H2,1-5H3;1H. The molecule has 20 heavy (non-hydrogen) atoms. The molecule has 0 saturated carbocycles. The minimum Gasteiger partial charge on any atom is -0.469 e. The second-order valence-corrected chi connectivity index (χ2v) is 7.42. The zero-order valence-corrected chi connectivity index (χ0v) is 14.4. The molecule has 0 aliphatic rings. The van der Waals surface area contributed by atoms with E-state index in [-0.39, 0.29) is 30.8 Å². The van der Waals surface area contributed by atoms with Crippen LogP contribution in [0.4, 0.5) is 0 Å². The molecule has 0 radical (unpaired) electrons. The first-order chi connectivity index (χ1) is 8.56. The first-order valence-corrected chi connectivity index (χ1v) is 7.41. The predicted octanol–water partition coefficient (Wildman–Crippen LogP) is 0.0646. The minimum atomic E-state index is -3.58. The number of ether oxygens (including phenoxy) is 1. The van der Waals surface area contributed by atoms with Gasteiger partial charge in [-0.05, 0) is 12.0 Å². The summed E-state index contributed by atoms with van der Waals surface area (Å²) >= 11 is 0. The van der Waals surface area contributed by atoms with Crippen molar-refractivity contribution in [2.45, 2.75) is 20.3 Å². The van der Waals surface area contributed by atoms with Gasteiger partial charge < -0.3 is 10.5 Å². The Hall–Kier alpha value is -0.410. The minimum absolute atomic E-state index is 0. The zero-order chi connectivity index (χ0) is 15.3. The molecule has 0 saturated heterocycles. The Morgan fingerprint density at radius 3 is 2.15 bits per heavy atom. The van der Waals surface area contributed by atoms with Crippen LogP contribution in [-0.2, 0) is 19.7 Å². The summed E-state index contributed by atoms with van der Waals surface area (Å²) in [7, 11) is 0.624. The molecule has 7 nitrogen and oxygen atoms in total. The highest BCUT2D eigenvalue weighted by Gasteiger charge is 2.29. The van der Waals surface area contributed by atoms with Crippen molar-refractivity contribution < 1.29 is 17.9 Å². The van der Waals surface area contributed by atoms with E-state index >= 15 is 0 Å². The summed E-state index contributed by atoms with van der Waals surface area (Å²) in [6.45, 7) is 4.58. The molecule has 0 heterocycles. The van der Waals surface area contributed by atoms with E-state index in [4.69, 9.17) is 5.73 Å². The van der Waals surface area contributed by atoms with Gasteiger partial charge in [-0.1, -0.05) is 13.8 Å². The van der Waals surface area contributed by atoms with E-state index in [1.807, 2.05) is 13.8 Å². The summed E-state index contributed by atoms with van der Waals surface area (Å²) in [5, 5.41) is 0. The Kier molecular flexibility index (Phi) is 9.61. The van der Waals surface area contributed by atoms with Crippen molar-refractivity contribution in [3.05, 3.63) is 0 Å². The average molecular weight is 332 g/mol. The molecule has 2 N–H and O–H groups in total. The van der Waals surface area contributed by atoms with E-state index in [0.29, 0.717) is 13.1 Å². The first-order valence-electron chi connectivity index (χ1n) is 6.01.